The molecule has 32 heavy (non-hydrogen) atoms. The van der Waals surface area contributed by atoms with Crippen LogP contribution in [0.25, 0.3) is 33.8 Å². The lowest BCUT2D eigenvalue weighted by Gasteiger charge is -2.14. The van der Waals surface area contributed by atoms with Gasteiger partial charge in [-0.3, -0.25) is 4.79 Å². The van der Waals surface area contributed by atoms with Gasteiger partial charge in [-0.15, -0.1) is 0 Å². The Kier molecular flexibility index (Phi) is 5.88. The number of nitrogens with zero attached hydrogens (tertiary/aromatic N) is 3. The van der Waals surface area contributed by atoms with E-state index in [1.165, 1.54) is 6.42 Å². The average Bonchev–Trinajstić information content (AvgIpc) is 3.55. The molecule has 0 aliphatic carbocycles. The van der Waals surface area contributed by atoms with E-state index in [-0.39, 0.29) is 0 Å². The molecule has 8 heteroatoms. The number of hydrogen-bond donors (Lipinski definition) is 2. The van der Waals surface area contributed by atoms with Gasteiger partial charge in [-0.25, -0.2) is 8.10 Å². The van der Waals surface area contributed by atoms with E-state index < -0.39 is 0 Å². The first-order valence-corrected chi connectivity index (χ1v) is 11.5. The van der Waals surface area contributed by atoms with E-state index in [0.29, 0.717) is 12.5 Å². The van der Waals surface area contributed by atoms with Crippen molar-refractivity contribution in [3.8, 4) is 33.8 Å². The van der Waals surface area contributed by atoms with Crippen LogP contribution in [0.15, 0.2) is 66.9 Å². The number of aromatic amines is 1. The molecule has 0 saturated carbocycles. The number of carbonyl (C=O) groups excluding carboxylic acids is 1. The highest BCUT2D eigenvalue weighted by atomic mass is 127. The molecule has 5 rings (SSSR count). The number of aromatic nitrogens is 3. The zero-order valence-electron chi connectivity index (χ0n) is 17.3. The van der Waals surface area contributed by atoms with E-state index >= 15 is 0 Å². The van der Waals surface area contributed by atoms with Gasteiger partial charge < -0.3 is 14.8 Å². The van der Waals surface area contributed by atoms with Gasteiger partial charge in [-0.2, -0.15) is 0 Å². The van der Waals surface area contributed by atoms with Crippen LogP contribution < -0.4 is 5.32 Å². The Bertz CT molecular complexity index is 1230. The van der Waals surface area contributed by atoms with Crippen LogP contribution in [0, 0.1) is 0 Å². The summed E-state index contributed by atoms with van der Waals surface area (Å²) in [6.07, 6.45) is 4.93. The van der Waals surface area contributed by atoms with Gasteiger partial charge in [0.15, 0.2) is 0 Å². The van der Waals surface area contributed by atoms with E-state index in [2.05, 4.69) is 65.5 Å². The Hall–Kier alpha value is -2.85. The van der Waals surface area contributed by atoms with Crippen LogP contribution in [0.2, 0.25) is 0 Å². The lowest BCUT2D eigenvalue weighted by molar-refractivity contribution is -0.105. The summed E-state index contributed by atoms with van der Waals surface area (Å²) in [4.78, 5) is 18.7. The summed E-state index contributed by atoms with van der Waals surface area (Å²) in [5.41, 5.74) is 6.72. The maximum atomic E-state index is 10.6. The van der Waals surface area contributed by atoms with Crippen molar-refractivity contribution in [1.82, 2.24) is 17.6 Å². The number of H-pyrrole nitrogens is 1. The second-order valence-electron chi connectivity index (χ2n) is 7.85. The molecule has 1 atom stereocenters. The van der Waals surface area contributed by atoms with Crippen molar-refractivity contribution in [3.05, 3.63) is 72.7 Å². The fraction of sp³-hybridized carbons (Fsp3) is 0.167. The Balaban J connectivity index is 1.37. The summed E-state index contributed by atoms with van der Waals surface area (Å²) < 4.78 is 4.02. The molecule has 3 heterocycles. The van der Waals surface area contributed by atoms with Gasteiger partial charge in [0.25, 0.3) is 0 Å². The van der Waals surface area contributed by atoms with E-state index in [4.69, 9.17) is 7.98 Å². The Morgan fingerprint density at radius 3 is 2.22 bits per heavy atom. The van der Waals surface area contributed by atoms with Gasteiger partial charge in [-0.1, -0.05) is 36.4 Å². The first-order valence-electron chi connectivity index (χ1n) is 10.5. The quantitative estimate of drug-likeness (QED) is 0.155. The fourth-order valence-corrected chi connectivity index (χ4v) is 5.08. The highest BCUT2D eigenvalue weighted by Gasteiger charge is 2.26. The van der Waals surface area contributed by atoms with Crippen molar-refractivity contribution in [1.29, 1.82) is 0 Å². The van der Waals surface area contributed by atoms with Gasteiger partial charge in [-0.05, 0) is 53.8 Å². The molecule has 158 valence electrons. The van der Waals surface area contributed by atoms with Crippen molar-refractivity contribution in [3.63, 3.8) is 0 Å². The lowest BCUT2D eigenvalue weighted by Crippen LogP contribution is -2.11. The summed E-state index contributed by atoms with van der Waals surface area (Å²) in [5, 5.41) is 2.64. The molecule has 0 spiro atoms. The van der Waals surface area contributed by atoms with Crippen LogP contribution in [0.3, 0.4) is 0 Å². The van der Waals surface area contributed by atoms with Crippen LogP contribution in [0.1, 0.15) is 24.7 Å². The molecule has 6 nitrogen and oxygen atoms in total. The molecule has 4 aromatic rings. The number of imidazole rings is 1. The fourth-order valence-electron chi connectivity index (χ4n) is 4.20. The third kappa shape index (κ3) is 4.00. The molecule has 1 fully saturated rings. The lowest BCUT2D eigenvalue weighted by atomic mass is 10.1. The number of nitrogens with one attached hydrogen (secondary N) is 2. The second-order valence-corrected chi connectivity index (χ2v) is 9.09. The zero-order chi connectivity index (χ0) is 22.1. The number of rotatable bonds is 6. The SMILES string of the molecule is [B]n1c(-c2ccc(NC=O)cc2)ccc1-c1ccc(-c2cnc([C@@H]3CCCN3I)[nH]2)cc1. The van der Waals surface area contributed by atoms with Crippen LogP contribution in [-0.4, -0.2) is 38.5 Å². The molecule has 2 aromatic heterocycles. The van der Waals surface area contributed by atoms with Crippen molar-refractivity contribution < 1.29 is 4.79 Å². The smallest absolute Gasteiger partial charge is 0.234 e. The molecule has 1 saturated heterocycles. The Morgan fingerprint density at radius 2 is 1.62 bits per heavy atom. The van der Waals surface area contributed by atoms with Gasteiger partial charge in [0, 0.05) is 46.5 Å². The standard InChI is InChI=1S/C24H21BIN5O/c25-31-21(11-12-22(31)18-7-9-19(10-8-18)28-15-32)17-5-3-16(4-6-17)20-14-27-24(29-20)23-2-1-13-30(23)26/h3-12,14-15,23H,1-2,13H2,(H,27,29)(H,28,32)/t23-/m0/s1. The molecule has 1 amide bonds. The van der Waals surface area contributed by atoms with Crippen molar-refractivity contribution in [2.75, 3.05) is 11.9 Å². The summed E-state index contributed by atoms with van der Waals surface area (Å²) in [7, 11) is 6.42. The van der Waals surface area contributed by atoms with Crippen molar-refractivity contribution in [2.45, 2.75) is 18.9 Å². The number of benzene rings is 2. The summed E-state index contributed by atoms with van der Waals surface area (Å²) in [6.45, 7) is 1.11. The highest BCUT2D eigenvalue weighted by Crippen LogP contribution is 2.34. The number of anilines is 1. The maximum Gasteiger partial charge on any atom is 0.234 e. The summed E-state index contributed by atoms with van der Waals surface area (Å²) in [6, 6.07) is 20.3. The second kappa shape index (κ2) is 8.95. The molecule has 2 aromatic carbocycles. The average molecular weight is 533 g/mol. The number of carbonyl (C=O) groups is 1. The maximum absolute atomic E-state index is 10.6. The molecule has 1 aliphatic rings. The Labute approximate surface area is 202 Å². The predicted octanol–water partition coefficient (Wildman–Crippen LogP) is 5.20. The Morgan fingerprint density at radius 1 is 1.00 bits per heavy atom. The van der Waals surface area contributed by atoms with Crippen LogP contribution in [0.5, 0.6) is 0 Å². The first-order chi connectivity index (χ1) is 15.6. The molecule has 0 unspecified atom stereocenters. The summed E-state index contributed by atoms with van der Waals surface area (Å²) in [5.74, 6) is 1.03. The predicted molar refractivity (Wildman–Crippen MR) is 136 cm³/mol. The minimum Gasteiger partial charge on any atom is -0.397 e. The van der Waals surface area contributed by atoms with Crippen LogP contribution in [-0.2, 0) is 4.79 Å². The van der Waals surface area contributed by atoms with Gasteiger partial charge in [0.1, 0.15) is 5.82 Å². The van der Waals surface area contributed by atoms with Gasteiger partial charge >= 0.3 is 0 Å². The highest BCUT2D eigenvalue weighted by molar-refractivity contribution is 14.1. The molecule has 2 radical (unpaired) electrons. The molecule has 0 bridgehead atoms. The normalized spacial score (nSPS) is 16.3. The van der Waals surface area contributed by atoms with Gasteiger partial charge in [0.05, 0.1) is 17.9 Å². The number of amides is 1. The molecule has 1 aliphatic heterocycles. The van der Waals surface area contributed by atoms with Crippen molar-refractivity contribution in [2.24, 2.45) is 0 Å². The van der Waals surface area contributed by atoms with E-state index in [0.717, 1.165) is 58.2 Å². The molecular weight excluding hydrogens is 512 g/mol. The van der Waals surface area contributed by atoms with Crippen LogP contribution in [0.4, 0.5) is 5.69 Å². The molecular formula is C24H21BIN5O. The third-order valence-corrected chi connectivity index (χ3v) is 7.07. The van der Waals surface area contributed by atoms with Crippen molar-refractivity contribution >= 4 is 42.9 Å². The number of hydrogen-bond acceptors (Lipinski definition) is 3. The topological polar surface area (TPSA) is 66.0 Å². The molecule has 2 N–H and O–H groups in total. The minimum absolute atomic E-state index is 0.367. The number of halogens is 1. The third-order valence-electron chi connectivity index (χ3n) is 5.91. The van der Waals surface area contributed by atoms with Crippen LogP contribution >= 0.6 is 22.9 Å². The monoisotopic (exact) mass is 533 g/mol. The largest absolute Gasteiger partial charge is 0.397 e. The first kappa shape index (κ1) is 21.0. The van der Waals surface area contributed by atoms with E-state index in [1.807, 2.05) is 42.6 Å². The van der Waals surface area contributed by atoms with Gasteiger partial charge in [0.2, 0.25) is 14.4 Å². The minimum atomic E-state index is 0.367. The summed E-state index contributed by atoms with van der Waals surface area (Å²) >= 11 is 2.39. The zero-order valence-corrected chi connectivity index (χ0v) is 19.5. The van der Waals surface area contributed by atoms with E-state index in [9.17, 15) is 4.79 Å². The van der Waals surface area contributed by atoms with E-state index in [1.54, 1.807) is 4.48 Å².